The van der Waals surface area contributed by atoms with Crippen LogP contribution in [-0.4, -0.2) is 26.6 Å². The highest BCUT2D eigenvalue weighted by Crippen LogP contribution is 2.31. The Kier molecular flexibility index (Phi) is 3.68. The van der Waals surface area contributed by atoms with Gasteiger partial charge in [-0.3, -0.25) is 4.21 Å². The molecule has 0 spiro atoms. The van der Waals surface area contributed by atoms with Gasteiger partial charge in [0.05, 0.1) is 10.8 Å². The first kappa shape index (κ1) is 12.7. The van der Waals surface area contributed by atoms with E-state index in [4.69, 9.17) is 11.5 Å². The largest absolute Gasteiger partial charge is 0.370 e. The Labute approximate surface area is 110 Å². The molecule has 0 aliphatic heterocycles. The van der Waals surface area contributed by atoms with Crippen LogP contribution in [0.2, 0.25) is 0 Å². The SMILES string of the molecule is CS(=O)c1ccccc1-c1nnc(N=C(N)N)s1. The maximum absolute atomic E-state index is 11.6. The monoisotopic (exact) mass is 281 g/mol. The maximum atomic E-state index is 11.6. The highest BCUT2D eigenvalue weighted by molar-refractivity contribution is 7.84. The quantitative estimate of drug-likeness (QED) is 0.640. The Hall–Kier alpha value is -1.80. The molecular weight excluding hydrogens is 270 g/mol. The molecule has 2 rings (SSSR count). The van der Waals surface area contributed by atoms with Crippen LogP contribution in [0.5, 0.6) is 0 Å². The smallest absolute Gasteiger partial charge is 0.235 e. The summed E-state index contributed by atoms with van der Waals surface area (Å²) in [4.78, 5) is 4.53. The van der Waals surface area contributed by atoms with Crippen molar-refractivity contribution < 1.29 is 4.21 Å². The Balaban J connectivity index is 2.46. The summed E-state index contributed by atoms with van der Waals surface area (Å²) in [5.74, 6) is -0.0648. The number of guanidine groups is 1. The Morgan fingerprint density at radius 1 is 1.33 bits per heavy atom. The molecule has 0 aliphatic rings. The third-order valence-electron chi connectivity index (χ3n) is 2.07. The third kappa shape index (κ3) is 2.71. The van der Waals surface area contributed by atoms with Crippen molar-refractivity contribution in [3.8, 4) is 10.6 Å². The van der Waals surface area contributed by atoms with E-state index in [9.17, 15) is 4.21 Å². The first-order chi connectivity index (χ1) is 8.58. The molecule has 1 unspecified atom stereocenters. The second kappa shape index (κ2) is 5.23. The molecule has 1 atom stereocenters. The molecule has 18 heavy (non-hydrogen) atoms. The Bertz CT molecular complexity index is 618. The minimum Gasteiger partial charge on any atom is -0.370 e. The fourth-order valence-electron chi connectivity index (χ4n) is 1.37. The van der Waals surface area contributed by atoms with Gasteiger partial charge >= 0.3 is 0 Å². The fraction of sp³-hybridized carbons (Fsp3) is 0.100. The second-order valence-corrected chi connectivity index (χ2v) is 5.68. The number of aromatic nitrogens is 2. The first-order valence-corrected chi connectivity index (χ1v) is 7.31. The van der Waals surface area contributed by atoms with Crippen molar-refractivity contribution >= 4 is 33.2 Å². The van der Waals surface area contributed by atoms with E-state index in [1.54, 1.807) is 12.3 Å². The summed E-state index contributed by atoms with van der Waals surface area (Å²) in [5, 5.41) is 8.87. The van der Waals surface area contributed by atoms with Gasteiger partial charge in [-0.1, -0.05) is 29.5 Å². The van der Waals surface area contributed by atoms with E-state index < -0.39 is 10.8 Å². The molecule has 0 saturated heterocycles. The van der Waals surface area contributed by atoms with Gasteiger partial charge in [-0.2, -0.15) is 4.99 Å². The normalized spacial score (nSPS) is 12.1. The predicted octanol–water partition coefficient (Wildman–Crippen LogP) is 0.847. The zero-order valence-electron chi connectivity index (χ0n) is 9.53. The zero-order chi connectivity index (χ0) is 13.1. The number of benzene rings is 1. The summed E-state index contributed by atoms with van der Waals surface area (Å²) in [6, 6.07) is 7.33. The van der Waals surface area contributed by atoms with Crippen molar-refractivity contribution in [1.82, 2.24) is 10.2 Å². The number of hydrogen-bond acceptors (Lipinski definition) is 5. The van der Waals surface area contributed by atoms with Crippen molar-refractivity contribution in [3.05, 3.63) is 24.3 Å². The molecule has 8 heteroatoms. The second-order valence-electron chi connectivity index (χ2n) is 3.38. The molecule has 0 fully saturated rings. The highest BCUT2D eigenvalue weighted by Gasteiger charge is 2.12. The third-order valence-corrected chi connectivity index (χ3v) is 3.89. The summed E-state index contributed by atoms with van der Waals surface area (Å²) in [5.41, 5.74) is 11.3. The first-order valence-electron chi connectivity index (χ1n) is 4.94. The van der Waals surface area contributed by atoms with Gasteiger partial charge in [0.2, 0.25) is 5.13 Å². The van der Waals surface area contributed by atoms with E-state index in [1.165, 1.54) is 11.3 Å². The van der Waals surface area contributed by atoms with E-state index in [1.807, 2.05) is 18.2 Å². The van der Waals surface area contributed by atoms with E-state index in [2.05, 4.69) is 15.2 Å². The van der Waals surface area contributed by atoms with Gasteiger partial charge < -0.3 is 11.5 Å². The lowest BCUT2D eigenvalue weighted by atomic mass is 10.2. The predicted molar refractivity (Wildman–Crippen MR) is 73.1 cm³/mol. The molecule has 2 aromatic rings. The molecule has 0 amide bonds. The standard InChI is InChI=1S/C10H11N5OS2/c1-18(16)7-5-3-2-4-6(7)8-14-15-10(17-8)13-9(11)12/h2-5H,1H3,(H4,11,12,13,15). The van der Waals surface area contributed by atoms with E-state index >= 15 is 0 Å². The van der Waals surface area contributed by atoms with Crippen LogP contribution in [0.3, 0.4) is 0 Å². The lowest BCUT2D eigenvalue weighted by molar-refractivity contribution is 0.687. The molecule has 0 saturated carbocycles. The van der Waals surface area contributed by atoms with Crippen molar-refractivity contribution in [2.24, 2.45) is 16.5 Å². The molecule has 6 nitrogen and oxygen atoms in total. The number of nitrogens with zero attached hydrogens (tertiary/aromatic N) is 3. The van der Waals surface area contributed by atoms with Crippen LogP contribution >= 0.6 is 11.3 Å². The van der Waals surface area contributed by atoms with E-state index in [0.717, 1.165) is 5.56 Å². The lowest BCUT2D eigenvalue weighted by Gasteiger charge is -2.02. The fourth-order valence-corrected chi connectivity index (χ4v) is 2.96. The van der Waals surface area contributed by atoms with Gasteiger partial charge in [0, 0.05) is 16.7 Å². The van der Waals surface area contributed by atoms with Crippen LogP contribution in [-0.2, 0) is 10.8 Å². The molecule has 4 N–H and O–H groups in total. The highest BCUT2D eigenvalue weighted by atomic mass is 32.2. The number of nitrogens with two attached hydrogens (primary N) is 2. The van der Waals surface area contributed by atoms with E-state index in [0.29, 0.717) is 15.0 Å². The Morgan fingerprint density at radius 3 is 2.72 bits per heavy atom. The van der Waals surface area contributed by atoms with Crippen molar-refractivity contribution in [2.75, 3.05) is 6.26 Å². The molecule has 0 radical (unpaired) electrons. The van der Waals surface area contributed by atoms with Crippen LogP contribution in [0.25, 0.3) is 10.6 Å². The summed E-state index contributed by atoms with van der Waals surface area (Å²) >= 11 is 1.24. The van der Waals surface area contributed by atoms with Crippen molar-refractivity contribution in [3.63, 3.8) is 0 Å². The lowest BCUT2D eigenvalue weighted by Crippen LogP contribution is -2.21. The molecule has 0 bridgehead atoms. The van der Waals surface area contributed by atoms with Gasteiger partial charge in [0.15, 0.2) is 11.0 Å². The van der Waals surface area contributed by atoms with Gasteiger partial charge in [-0.25, -0.2) is 0 Å². The van der Waals surface area contributed by atoms with Crippen molar-refractivity contribution in [1.29, 1.82) is 0 Å². The molecule has 1 aromatic carbocycles. The van der Waals surface area contributed by atoms with Crippen LogP contribution in [0, 0.1) is 0 Å². The average molecular weight is 281 g/mol. The summed E-state index contributed by atoms with van der Waals surface area (Å²) in [6.45, 7) is 0. The summed E-state index contributed by atoms with van der Waals surface area (Å²) in [7, 11) is -1.09. The molecule has 1 heterocycles. The topological polar surface area (TPSA) is 107 Å². The van der Waals surface area contributed by atoms with Crippen LogP contribution in [0.15, 0.2) is 34.2 Å². The summed E-state index contributed by atoms with van der Waals surface area (Å²) in [6.07, 6.45) is 1.62. The van der Waals surface area contributed by atoms with Crippen LogP contribution < -0.4 is 11.5 Å². The maximum Gasteiger partial charge on any atom is 0.235 e. The average Bonchev–Trinajstić information content (AvgIpc) is 2.76. The minimum atomic E-state index is -1.09. The number of hydrogen-bond donors (Lipinski definition) is 2. The van der Waals surface area contributed by atoms with Gasteiger partial charge in [-0.15, -0.1) is 10.2 Å². The van der Waals surface area contributed by atoms with Crippen LogP contribution in [0.4, 0.5) is 5.13 Å². The van der Waals surface area contributed by atoms with Crippen molar-refractivity contribution in [2.45, 2.75) is 4.90 Å². The summed E-state index contributed by atoms with van der Waals surface area (Å²) < 4.78 is 11.6. The minimum absolute atomic E-state index is 0.0648. The Morgan fingerprint density at radius 2 is 2.06 bits per heavy atom. The zero-order valence-corrected chi connectivity index (χ0v) is 11.2. The number of aliphatic imine (C=N–C) groups is 1. The molecule has 0 aliphatic carbocycles. The molecule has 1 aromatic heterocycles. The van der Waals surface area contributed by atoms with Crippen LogP contribution in [0.1, 0.15) is 0 Å². The van der Waals surface area contributed by atoms with Gasteiger partial charge in [0.25, 0.3) is 0 Å². The van der Waals surface area contributed by atoms with Gasteiger partial charge in [0.1, 0.15) is 0 Å². The van der Waals surface area contributed by atoms with E-state index in [-0.39, 0.29) is 5.96 Å². The van der Waals surface area contributed by atoms with Gasteiger partial charge in [-0.05, 0) is 6.07 Å². The molecular formula is C10H11N5OS2. The number of rotatable bonds is 3. The molecule has 94 valence electrons.